The van der Waals surface area contributed by atoms with Crippen LogP contribution >= 0.6 is 0 Å². The van der Waals surface area contributed by atoms with Crippen molar-refractivity contribution >= 4 is 12.0 Å². The third-order valence-corrected chi connectivity index (χ3v) is 2.62. The number of carbonyl (C=O) groups excluding carboxylic acids is 1. The Morgan fingerprint density at radius 3 is 2.74 bits per heavy atom. The van der Waals surface area contributed by atoms with Crippen molar-refractivity contribution in [1.29, 1.82) is 0 Å². The molecule has 0 unspecified atom stereocenters. The van der Waals surface area contributed by atoms with Gasteiger partial charge in [0.15, 0.2) is 0 Å². The molecule has 0 saturated heterocycles. The topological polar surface area (TPSA) is 91.3 Å². The van der Waals surface area contributed by atoms with Gasteiger partial charge in [0.25, 0.3) is 0 Å². The monoisotopic (exact) mass is 265 g/mol. The molecule has 1 heterocycles. The second-order valence-corrected chi connectivity index (χ2v) is 4.20. The molecule has 1 rings (SSSR count). The van der Waals surface area contributed by atoms with Crippen LogP contribution in [0.4, 0.5) is 4.79 Å². The molecule has 0 fully saturated rings. The molecule has 0 saturated carbocycles. The molecule has 0 aromatic carbocycles. The molecule has 0 spiro atoms. The number of aliphatic carboxylic acids is 1. The zero-order valence-electron chi connectivity index (χ0n) is 11.0. The number of aryl methyl sites for hydroxylation is 1. The second kappa shape index (κ2) is 8.07. The molecule has 19 heavy (non-hydrogen) atoms. The van der Waals surface area contributed by atoms with E-state index in [-0.39, 0.29) is 12.5 Å². The van der Waals surface area contributed by atoms with Gasteiger partial charge in [-0.2, -0.15) is 0 Å². The second-order valence-electron chi connectivity index (χ2n) is 4.20. The van der Waals surface area contributed by atoms with Crippen LogP contribution in [-0.2, 0) is 11.2 Å². The van der Waals surface area contributed by atoms with Gasteiger partial charge in [0.2, 0.25) is 0 Å². The number of rotatable bonds is 7. The largest absolute Gasteiger partial charge is 0.481 e. The summed E-state index contributed by atoms with van der Waals surface area (Å²) in [6, 6.07) is 3.58. The molecule has 6 nitrogen and oxygen atoms in total. The number of carboxylic acid groups (broad SMARTS) is 1. The maximum absolute atomic E-state index is 11.4. The van der Waals surface area contributed by atoms with Crippen LogP contribution in [-0.4, -0.2) is 35.2 Å². The Bertz CT molecular complexity index is 435. The van der Waals surface area contributed by atoms with Crippen LogP contribution in [0.5, 0.6) is 0 Å². The van der Waals surface area contributed by atoms with Crippen molar-refractivity contribution in [3.63, 3.8) is 0 Å². The van der Waals surface area contributed by atoms with Crippen molar-refractivity contribution in [3.05, 3.63) is 29.6 Å². The van der Waals surface area contributed by atoms with E-state index in [1.54, 1.807) is 6.20 Å². The lowest BCUT2D eigenvalue weighted by molar-refractivity contribution is -0.137. The molecule has 0 aliphatic carbocycles. The van der Waals surface area contributed by atoms with E-state index in [2.05, 4.69) is 15.6 Å². The first-order chi connectivity index (χ1) is 9.09. The van der Waals surface area contributed by atoms with Crippen molar-refractivity contribution in [2.75, 3.05) is 13.1 Å². The van der Waals surface area contributed by atoms with Crippen LogP contribution in [0.15, 0.2) is 18.3 Å². The Labute approximate surface area is 112 Å². The maximum Gasteiger partial charge on any atom is 0.314 e. The normalized spacial score (nSPS) is 9.95. The van der Waals surface area contributed by atoms with E-state index in [9.17, 15) is 9.59 Å². The predicted octanol–water partition coefficient (Wildman–Crippen LogP) is 1.10. The van der Waals surface area contributed by atoms with Crippen molar-refractivity contribution < 1.29 is 14.7 Å². The SMILES string of the molecule is Cc1cccnc1CCNC(=O)NCCCC(=O)O. The van der Waals surface area contributed by atoms with Gasteiger partial charge in [-0.3, -0.25) is 9.78 Å². The molecule has 0 atom stereocenters. The minimum Gasteiger partial charge on any atom is -0.481 e. The van der Waals surface area contributed by atoms with Crippen LogP contribution in [0.3, 0.4) is 0 Å². The first-order valence-corrected chi connectivity index (χ1v) is 6.23. The molecule has 0 aliphatic heterocycles. The number of carboxylic acids is 1. The Hall–Kier alpha value is -2.11. The minimum absolute atomic E-state index is 0.0629. The van der Waals surface area contributed by atoms with Crippen molar-refractivity contribution in [2.24, 2.45) is 0 Å². The third kappa shape index (κ3) is 6.40. The van der Waals surface area contributed by atoms with Gasteiger partial charge in [0.1, 0.15) is 0 Å². The van der Waals surface area contributed by atoms with Gasteiger partial charge < -0.3 is 15.7 Å². The standard InChI is InChI=1S/C13H19N3O3/c1-10-4-2-7-14-11(10)6-9-16-13(19)15-8-3-5-12(17)18/h2,4,7H,3,5-6,8-9H2,1H3,(H,17,18)(H2,15,16,19). The third-order valence-electron chi connectivity index (χ3n) is 2.62. The highest BCUT2D eigenvalue weighted by Crippen LogP contribution is 2.02. The summed E-state index contributed by atoms with van der Waals surface area (Å²) in [7, 11) is 0. The summed E-state index contributed by atoms with van der Waals surface area (Å²) in [6.07, 6.45) is 2.90. The van der Waals surface area contributed by atoms with Gasteiger partial charge in [-0.25, -0.2) is 4.79 Å². The number of carbonyl (C=O) groups is 2. The first kappa shape index (κ1) is 14.9. The van der Waals surface area contributed by atoms with E-state index in [0.29, 0.717) is 25.9 Å². The molecule has 1 aromatic heterocycles. The summed E-state index contributed by atoms with van der Waals surface area (Å²) in [6.45, 7) is 2.84. The van der Waals surface area contributed by atoms with Crippen molar-refractivity contribution in [1.82, 2.24) is 15.6 Å². The number of nitrogens with one attached hydrogen (secondary N) is 2. The van der Waals surface area contributed by atoms with Crippen LogP contribution in [0.25, 0.3) is 0 Å². The highest BCUT2D eigenvalue weighted by Gasteiger charge is 2.02. The summed E-state index contributed by atoms with van der Waals surface area (Å²) < 4.78 is 0. The number of aromatic nitrogens is 1. The molecule has 2 amide bonds. The highest BCUT2D eigenvalue weighted by atomic mass is 16.4. The molecule has 104 valence electrons. The number of urea groups is 1. The summed E-state index contributed by atoms with van der Waals surface area (Å²) in [5.41, 5.74) is 2.07. The molecule has 0 aliphatic rings. The molecular formula is C13H19N3O3. The van der Waals surface area contributed by atoms with E-state index in [0.717, 1.165) is 11.3 Å². The minimum atomic E-state index is -0.854. The Morgan fingerprint density at radius 2 is 2.05 bits per heavy atom. The molecule has 0 radical (unpaired) electrons. The van der Waals surface area contributed by atoms with E-state index in [1.165, 1.54) is 0 Å². The first-order valence-electron chi connectivity index (χ1n) is 6.23. The van der Waals surface area contributed by atoms with Crippen LogP contribution in [0.1, 0.15) is 24.1 Å². The zero-order chi connectivity index (χ0) is 14.1. The molecular weight excluding hydrogens is 246 g/mol. The van der Waals surface area contributed by atoms with Crippen molar-refractivity contribution in [2.45, 2.75) is 26.2 Å². The molecule has 6 heteroatoms. The summed E-state index contributed by atoms with van der Waals surface area (Å²) >= 11 is 0. The lowest BCUT2D eigenvalue weighted by Crippen LogP contribution is -2.37. The lowest BCUT2D eigenvalue weighted by atomic mass is 10.2. The van der Waals surface area contributed by atoms with Gasteiger partial charge in [-0.15, -0.1) is 0 Å². The Morgan fingerprint density at radius 1 is 1.32 bits per heavy atom. The van der Waals surface area contributed by atoms with Crippen LogP contribution < -0.4 is 10.6 Å². The molecule has 3 N–H and O–H groups in total. The van der Waals surface area contributed by atoms with Gasteiger partial charge in [-0.05, 0) is 25.0 Å². The summed E-state index contributed by atoms with van der Waals surface area (Å²) in [5, 5.41) is 13.8. The molecule has 1 aromatic rings. The Kier molecular flexibility index (Phi) is 6.35. The van der Waals surface area contributed by atoms with Gasteiger partial charge in [-0.1, -0.05) is 6.07 Å². The van der Waals surface area contributed by atoms with Gasteiger partial charge in [0, 0.05) is 37.8 Å². The summed E-state index contributed by atoms with van der Waals surface area (Å²) in [5.74, 6) is -0.854. The number of hydrogen-bond acceptors (Lipinski definition) is 3. The van der Waals surface area contributed by atoms with E-state index in [4.69, 9.17) is 5.11 Å². The van der Waals surface area contributed by atoms with Gasteiger partial charge >= 0.3 is 12.0 Å². The number of amides is 2. The molecule has 0 bridgehead atoms. The smallest absolute Gasteiger partial charge is 0.314 e. The average Bonchev–Trinajstić information content (AvgIpc) is 2.37. The predicted molar refractivity (Wildman–Crippen MR) is 70.9 cm³/mol. The van der Waals surface area contributed by atoms with Crippen LogP contribution in [0.2, 0.25) is 0 Å². The fourth-order valence-corrected chi connectivity index (χ4v) is 1.58. The highest BCUT2D eigenvalue weighted by molar-refractivity contribution is 5.73. The summed E-state index contributed by atoms with van der Waals surface area (Å²) in [4.78, 5) is 25.9. The van der Waals surface area contributed by atoms with E-state index < -0.39 is 5.97 Å². The fraction of sp³-hybridized carbons (Fsp3) is 0.462. The zero-order valence-corrected chi connectivity index (χ0v) is 11.0. The average molecular weight is 265 g/mol. The number of hydrogen-bond donors (Lipinski definition) is 3. The number of pyridine rings is 1. The van der Waals surface area contributed by atoms with E-state index in [1.807, 2.05) is 19.1 Å². The van der Waals surface area contributed by atoms with Crippen LogP contribution in [0, 0.1) is 6.92 Å². The van der Waals surface area contributed by atoms with Crippen molar-refractivity contribution in [3.8, 4) is 0 Å². The number of nitrogens with zero attached hydrogens (tertiary/aromatic N) is 1. The Balaban J connectivity index is 2.14. The van der Waals surface area contributed by atoms with E-state index >= 15 is 0 Å². The lowest BCUT2D eigenvalue weighted by Gasteiger charge is -2.07. The van der Waals surface area contributed by atoms with Gasteiger partial charge in [0.05, 0.1) is 0 Å². The quantitative estimate of drug-likeness (QED) is 0.644. The maximum atomic E-state index is 11.4. The fourth-order valence-electron chi connectivity index (χ4n) is 1.58.